The van der Waals surface area contributed by atoms with Gasteiger partial charge in [0.15, 0.2) is 0 Å². The number of pyridine rings is 1. The number of hydrogen-bond acceptors (Lipinski definition) is 3. The standard InChI is InChI=1S/C14H16ClF3N4/c1-9-6-10(2)22(21-9)5-3-4-19-13-12(15)7-11(8-20-13)14(16,17)18/h6-8H,3-5H2,1-2H3,(H,19,20). The Morgan fingerprint density at radius 3 is 2.55 bits per heavy atom. The van der Waals surface area contributed by atoms with Crippen LogP contribution in [0.3, 0.4) is 0 Å². The van der Waals surface area contributed by atoms with Crippen LogP contribution < -0.4 is 5.32 Å². The predicted molar refractivity (Wildman–Crippen MR) is 79.1 cm³/mol. The van der Waals surface area contributed by atoms with Crippen LogP contribution in [0.1, 0.15) is 23.4 Å². The van der Waals surface area contributed by atoms with Gasteiger partial charge in [-0.1, -0.05) is 11.6 Å². The van der Waals surface area contributed by atoms with Crippen LogP contribution in [0.5, 0.6) is 0 Å². The summed E-state index contributed by atoms with van der Waals surface area (Å²) in [4.78, 5) is 3.73. The van der Waals surface area contributed by atoms with E-state index >= 15 is 0 Å². The Labute approximate surface area is 131 Å². The molecule has 2 aromatic rings. The van der Waals surface area contributed by atoms with E-state index in [1.54, 1.807) is 0 Å². The van der Waals surface area contributed by atoms with Gasteiger partial charge in [0.2, 0.25) is 0 Å². The number of nitrogens with one attached hydrogen (secondary N) is 1. The SMILES string of the molecule is Cc1cc(C)n(CCCNc2ncc(C(F)(F)F)cc2Cl)n1. The highest BCUT2D eigenvalue weighted by Crippen LogP contribution is 2.32. The Bertz CT molecular complexity index is 652. The maximum absolute atomic E-state index is 12.5. The summed E-state index contributed by atoms with van der Waals surface area (Å²) in [6, 6.07) is 2.86. The van der Waals surface area contributed by atoms with Crippen molar-refractivity contribution in [3.05, 3.63) is 40.3 Å². The number of anilines is 1. The second-order valence-corrected chi connectivity index (χ2v) is 5.39. The number of aromatic nitrogens is 3. The van der Waals surface area contributed by atoms with Gasteiger partial charge in [0.25, 0.3) is 0 Å². The van der Waals surface area contributed by atoms with Gasteiger partial charge >= 0.3 is 6.18 Å². The second-order valence-electron chi connectivity index (χ2n) is 4.98. The minimum Gasteiger partial charge on any atom is -0.369 e. The number of alkyl halides is 3. The molecule has 0 aliphatic heterocycles. The molecular weight excluding hydrogens is 317 g/mol. The molecule has 0 aliphatic carbocycles. The first-order valence-electron chi connectivity index (χ1n) is 6.75. The Hall–Kier alpha value is -1.76. The number of aryl methyl sites for hydroxylation is 3. The zero-order valence-electron chi connectivity index (χ0n) is 12.2. The molecule has 2 rings (SSSR count). The average molecular weight is 333 g/mol. The molecule has 4 nitrogen and oxygen atoms in total. The summed E-state index contributed by atoms with van der Waals surface area (Å²) in [6.45, 7) is 5.15. The normalized spacial score (nSPS) is 11.7. The molecule has 0 saturated heterocycles. The van der Waals surface area contributed by atoms with Crippen LogP contribution in [0.4, 0.5) is 19.0 Å². The van der Waals surface area contributed by atoms with Crippen LogP contribution in [-0.4, -0.2) is 21.3 Å². The monoisotopic (exact) mass is 332 g/mol. The Balaban J connectivity index is 1.88. The molecule has 120 valence electrons. The molecule has 8 heteroatoms. The summed E-state index contributed by atoms with van der Waals surface area (Å²) in [7, 11) is 0. The average Bonchev–Trinajstić information content (AvgIpc) is 2.73. The van der Waals surface area contributed by atoms with E-state index in [4.69, 9.17) is 11.6 Å². The van der Waals surface area contributed by atoms with E-state index in [1.165, 1.54) is 0 Å². The van der Waals surface area contributed by atoms with E-state index in [-0.39, 0.29) is 10.8 Å². The number of hydrogen-bond donors (Lipinski definition) is 1. The van der Waals surface area contributed by atoms with Crippen molar-refractivity contribution in [1.29, 1.82) is 0 Å². The molecule has 0 spiro atoms. The van der Waals surface area contributed by atoms with Crippen molar-refractivity contribution in [3.63, 3.8) is 0 Å². The van der Waals surface area contributed by atoms with Crippen molar-refractivity contribution in [3.8, 4) is 0 Å². The van der Waals surface area contributed by atoms with Crippen LogP contribution in [0.2, 0.25) is 5.02 Å². The highest BCUT2D eigenvalue weighted by atomic mass is 35.5. The first-order chi connectivity index (χ1) is 10.3. The fourth-order valence-corrected chi connectivity index (χ4v) is 2.29. The minimum absolute atomic E-state index is 0.0408. The zero-order valence-corrected chi connectivity index (χ0v) is 13.0. The van der Waals surface area contributed by atoms with E-state index in [9.17, 15) is 13.2 Å². The summed E-state index contributed by atoms with van der Waals surface area (Å²) in [5, 5.41) is 7.23. The maximum Gasteiger partial charge on any atom is 0.417 e. The molecule has 0 atom stereocenters. The molecule has 0 radical (unpaired) electrons. The first kappa shape index (κ1) is 16.6. The molecule has 22 heavy (non-hydrogen) atoms. The molecule has 0 saturated carbocycles. The Kier molecular flexibility index (Phi) is 4.95. The molecule has 0 unspecified atom stereocenters. The quantitative estimate of drug-likeness (QED) is 0.839. The largest absolute Gasteiger partial charge is 0.417 e. The van der Waals surface area contributed by atoms with E-state index in [0.717, 1.165) is 30.1 Å². The third-order valence-corrected chi connectivity index (χ3v) is 3.40. The second kappa shape index (κ2) is 6.56. The van der Waals surface area contributed by atoms with Crippen LogP contribution in [0.15, 0.2) is 18.3 Å². The molecule has 0 aromatic carbocycles. The van der Waals surface area contributed by atoms with E-state index in [0.29, 0.717) is 13.1 Å². The summed E-state index contributed by atoms with van der Waals surface area (Å²) >= 11 is 5.82. The lowest BCUT2D eigenvalue weighted by molar-refractivity contribution is -0.137. The molecule has 0 amide bonds. The van der Waals surface area contributed by atoms with E-state index < -0.39 is 11.7 Å². The van der Waals surface area contributed by atoms with Gasteiger partial charge in [-0.2, -0.15) is 18.3 Å². The molecular formula is C14H16ClF3N4. The van der Waals surface area contributed by atoms with Gasteiger partial charge < -0.3 is 5.32 Å². The van der Waals surface area contributed by atoms with Crippen LogP contribution in [-0.2, 0) is 12.7 Å². The number of rotatable bonds is 5. The minimum atomic E-state index is -4.44. The van der Waals surface area contributed by atoms with E-state index in [2.05, 4.69) is 15.4 Å². The van der Waals surface area contributed by atoms with Gasteiger partial charge in [-0.3, -0.25) is 4.68 Å². The molecule has 0 aliphatic rings. The Morgan fingerprint density at radius 2 is 2.00 bits per heavy atom. The third-order valence-electron chi connectivity index (χ3n) is 3.11. The number of nitrogens with zero attached hydrogens (tertiary/aromatic N) is 3. The van der Waals surface area contributed by atoms with Crippen molar-refractivity contribution in [2.45, 2.75) is 33.0 Å². The third kappa shape index (κ3) is 4.13. The van der Waals surface area contributed by atoms with Gasteiger partial charge in [0.1, 0.15) is 5.82 Å². The molecule has 2 heterocycles. The summed E-state index contributed by atoms with van der Waals surface area (Å²) in [6.07, 6.45) is -2.92. The van der Waals surface area contributed by atoms with Gasteiger partial charge in [0.05, 0.1) is 16.3 Å². The van der Waals surface area contributed by atoms with Crippen LogP contribution in [0, 0.1) is 13.8 Å². The Morgan fingerprint density at radius 1 is 1.27 bits per heavy atom. The first-order valence-corrected chi connectivity index (χ1v) is 7.13. The molecule has 1 N–H and O–H groups in total. The van der Waals surface area contributed by atoms with Crippen LogP contribution >= 0.6 is 11.6 Å². The van der Waals surface area contributed by atoms with Gasteiger partial charge in [0, 0.05) is 25.0 Å². The van der Waals surface area contributed by atoms with Crippen molar-refractivity contribution in [2.24, 2.45) is 0 Å². The van der Waals surface area contributed by atoms with Crippen LogP contribution in [0.25, 0.3) is 0 Å². The molecule has 0 bridgehead atoms. The van der Waals surface area contributed by atoms with Crippen molar-refractivity contribution >= 4 is 17.4 Å². The lowest BCUT2D eigenvalue weighted by Crippen LogP contribution is -2.11. The van der Waals surface area contributed by atoms with Crippen molar-refractivity contribution in [1.82, 2.24) is 14.8 Å². The van der Waals surface area contributed by atoms with E-state index in [1.807, 2.05) is 24.6 Å². The molecule has 0 fully saturated rings. The summed E-state index contributed by atoms with van der Waals surface area (Å²) in [5.74, 6) is 0.253. The lowest BCUT2D eigenvalue weighted by Gasteiger charge is -2.11. The number of halogens is 4. The predicted octanol–water partition coefficient (Wildman–Crippen LogP) is 4.07. The zero-order chi connectivity index (χ0) is 16.3. The van der Waals surface area contributed by atoms with Gasteiger partial charge in [-0.25, -0.2) is 4.98 Å². The topological polar surface area (TPSA) is 42.7 Å². The summed E-state index contributed by atoms with van der Waals surface area (Å²) < 4.78 is 39.4. The lowest BCUT2D eigenvalue weighted by atomic mass is 10.2. The highest BCUT2D eigenvalue weighted by molar-refractivity contribution is 6.32. The smallest absolute Gasteiger partial charge is 0.369 e. The van der Waals surface area contributed by atoms with Crippen molar-refractivity contribution in [2.75, 3.05) is 11.9 Å². The van der Waals surface area contributed by atoms with Crippen molar-refractivity contribution < 1.29 is 13.2 Å². The fourth-order valence-electron chi connectivity index (χ4n) is 2.06. The fraction of sp³-hybridized carbons (Fsp3) is 0.429. The summed E-state index contributed by atoms with van der Waals surface area (Å²) in [5.41, 5.74) is 1.17. The maximum atomic E-state index is 12.5. The van der Waals surface area contributed by atoms with Gasteiger partial charge in [-0.15, -0.1) is 0 Å². The molecule has 2 aromatic heterocycles. The van der Waals surface area contributed by atoms with Gasteiger partial charge in [-0.05, 0) is 32.4 Å². The highest BCUT2D eigenvalue weighted by Gasteiger charge is 2.31.